The second-order valence-corrected chi connectivity index (χ2v) is 11.1. The molecular formula is C25H24F2N6O3S. The van der Waals surface area contributed by atoms with E-state index < -0.39 is 21.7 Å². The van der Waals surface area contributed by atoms with Gasteiger partial charge in [-0.2, -0.15) is 5.10 Å². The minimum Gasteiger partial charge on any atom is -0.319 e. The lowest BCUT2D eigenvalue weighted by atomic mass is 10.0. The monoisotopic (exact) mass is 526 g/mol. The average Bonchev–Trinajstić information content (AvgIpc) is 3.29. The molecule has 2 N–H and O–H groups in total. The number of carbonyl (C=O) groups excluding carboxylic acids is 1. The predicted molar refractivity (Wildman–Crippen MR) is 134 cm³/mol. The number of aromatic amines is 1. The van der Waals surface area contributed by atoms with Crippen molar-refractivity contribution in [3.05, 3.63) is 66.2 Å². The number of halogens is 2. The Labute approximate surface area is 211 Å². The highest BCUT2D eigenvalue weighted by atomic mass is 32.2. The Morgan fingerprint density at radius 3 is 2.57 bits per heavy atom. The van der Waals surface area contributed by atoms with Crippen LogP contribution in [0.2, 0.25) is 0 Å². The number of amides is 1. The summed E-state index contributed by atoms with van der Waals surface area (Å²) in [5.74, 6) is -3.07. The Morgan fingerprint density at radius 1 is 1.08 bits per heavy atom. The number of sulfone groups is 1. The number of nitrogens with one attached hydrogen (secondary N) is 2. The van der Waals surface area contributed by atoms with Gasteiger partial charge < -0.3 is 5.32 Å². The normalized spacial score (nSPS) is 16.1. The van der Waals surface area contributed by atoms with Gasteiger partial charge in [-0.1, -0.05) is 6.07 Å². The maximum atomic E-state index is 13.5. The molecule has 0 radical (unpaired) electrons. The molecule has 192 valence electrons. The predicted octanol–water partition coefficient (Wildman–Crippen LogP) is 3.91. The van der Waals surface area contributed by atoms with E-state index in [9.17, 15) is 22.0 Å². The van der Waals surface area contributed by atoms with Crippen molar-refractivity contribution in [2.24, 2.45) is 0 Å². The number of hydrogen-bond donors (Lipinski definition) is 2. The Morgan fingerprint density at radius 2 is 1.86 bits per heavy atom. The van der Waals surface area contributed by atoms with Crippen LogP contribution in [0, 0.1) is 0 Å². The molecule has 5 rings (SSSR count). The van der Waals surface area contributed by atoms with Gasteiger partial charge in [0.1, 0.15) is 0 Å². The fourth-order valence-electron chi connectivity index (χ4n) is 4.26. The molecular weight excluding hydrogens is 502 g/mol. The average molecular weight is 527 g/mol. The molecule has 1 aromatic carbocycles. The number of benzene rings is 1. The molecule has 4 heterocycles. The summed E-state index contributed by atoms with van der Waals surface area (Å²) in [6.45, 7) is 1.21. The number of H-pyrrole nitrogens is 1. The smallest absolute Gasteiger partial charge is 0.276 e. The van der Waals surface area contributed by atoms with Gasteiger partial charge in [-0.25, -0.2) is 22.2 Å². The van der Waals surface area contributed by atoms with Gasteiger partial charge in [-0.05, 0) is 41.5 Å². The van der Waals surface area contributed by atoms with Crippen molar-refractivity contribution >= 4 is 32.3 Å². The van der Waals surface area contributed by atoms with E-state index in [0.717, 1.165) is 22.9 Å². The maximum Gasteiger partial charge on any atom is 0.276 e. The fraction of sp³-hybridized carbons (Fsp3) is 0.280. The number of fused-ring (bicyclic) bond motifs is 1. The third kappa shape index (κ3) is 5.65. The molecule has 1 aliphatic rings. The number of anilines is 1. The molecule has 1 aliphatic heterocycles. The van der Waals surface area contributed by atoms with Crippen molar-refractivity contribution in [2.75, 3.05) is 24.7 Å². The summed E-state index contributed by atoms with van der Waals surface area (Å²) in [6.07, 6.45) is 5.49. The van der Waals surface area contributed by atoms with Crippen LogP contribution in [0.1, 0.15) is 28.9 Å². The number of alkyl halides is 2. The molecule has 9 nitrogen and oxygen atoms in total. The molecule has 0 spiro atoms. The molecule has 0 aliphatic carbocycles. The topological polar surface area (TPSA) is 121 Å². The molecule has 0 atom stereocenters. The molecule has 0 saturated carbocycles. The standard InChI is InChI=1S/C25H24F2N6O3S/c1-37(35,36)22-5-3-19(14-29-22)30-24(34)23-20-11-17(2-4-21(20)31-32-23)18-10-16(12-28-13-18)15-33-8-6-25(26,27)7-9-33/h2-5,10-14H,6-9,15H2,1H3,(H,30,34)(H,31,32). The van der Waals surface area contributed by atoms with Crippen molar-refractivity contribution < 1.29 is 22.0 Å². The molecule has 1 amide bonds. The van der Waals surface area contributed by atoms with Gasteiger partial charge in [0.05, 0.1) is 17.4 Å². The Kier molecular flexibility index (Phi) is 6.46. The first-order chi connectivity index (χ1) is 17.6. The Hall–Kier alpha value is -3.77. The van der Waals surface area contributed by atoms with Crippen molar-refractivity contribution in [2.45, 2.75) is 30.3 Å². The number of hydrogen-bond acceptors (Lipinski definition) is 7. The summed E-state index contributed by atoms with van der Waals surface area (Å²) >= 11 is 0. The number of rotatable bonds is 6. The van der Waals surface area contributed by atoms with E-state index >= 15 is 0 Å². The zero-order valence-corrected chi connectivity index (χ0v) is 20.7. The van der Waals surface area contributed by atoms with Gasteiger partial charge in [0, 0.05) is 62.1 Å². The minimum atomic E-state index is -3.45. The SMILES string of the molecule is CS(=O)(=O)c1ccc(NC(=O)c2n[nH]c3ccc(-c4cncc(CN5CCC(F)(F)CC5)c4)cc23)cn1. The molecule has 0 bridgehead atoms. The molecule has 12 heteroatoms. The number of nitrogens with zero attached hydrogens (tertiary/aromatic N) is 4. The van der Waals surface area contributed by atoms with E-state index in [1.807, 2.05) is 29.2 Å². The first-order valence-electron chi connectivity index (χ1n) is 11.6. The first kappa shape index (κ1) is 24.9. The summed E-state index contributed by atoms with van der Waals surface area (Å²) in [4.78, 5) is 23.1. The summed E-state index contributed by atoms with van der Waals surface area (Å²) in [7, 11) is -3.45. The molecule has 4 aromatic rings. The number of likely N-dealkylation sites (tertiary alicyclic amines) is 1. The van der Waals surface area contributed by atoms with Gasteiger partial charge in [0.25, 0.3) is 11.8 Å². The van der Waals surface area contributed by atoms with Crippen molar-refractivity contribution in [3.63, 3.8) is 0 Å². The van der Waals surface area contributed by atoms with Crippen LogP contribution < -0.4 is 5.32 Å². The van der Waals surface area contributed by atoms with Crippen LogP contribution in [-0.4, -0.2) is 64.7 Å². The minimum absolute atomic E-state index is 0.0885. The lowest BCUT2D eigenvalue weighted by molar-refractivity contribution is -0.0566. The van der Waals surface area contributed by atoms with E-state index in [1.54, 1.807) is 12.4 Å². The zero-order chi connectivity index (χ0) is 26.2. The van der Waals surface area contributed by atoms with Gasteiger partial charge in [0.15, 0.2) is 20.6 Å². The molecule has 1 saturated heterocycles. The van der Waals surface area contributed by atoms with Crippen LogP contribution in [0.3, 0.4) is 0 Å². The largest absolute Gasteiger partial charge is 0.319 e. The van der Waals surface area contributed by atoms with Crippen LogP contribution in [0.5, 0.6) is 0 Å². The summed E-state index contributed by atoms with van der Waals surface area (Å²) < 4.78 is 50.1. The lowest BCUT2D eigenvalue weighted by Gasteiger charge is -2.31. The lowest BCUT2D eigenvalue weighted by Crippen LogP contribution is -2.38. The number of aromatic nitrogens is 4. The zero-order valence-electron chi connectivity index (χ0n) is 19.9. The number of pyridine rings is 2. The second kappa shape index (κ2) is 9.60. The number of carbonyl (C=O) groups is 1. The highest BCUT2D eigenvalue weighted by Crippen LogP contribution is 2.30. The van der Waals surface area contributed by atoms with Crippen molar-refractivity contribution in [1.29, 1.82) is 0 Å². The van der Waals surface area contributed by atoms with Crippen molar-refractivity contribution in [3.8, 4) is 11.1 Å². The van der Waals surface area contributed by atoms with Crippen molar-refractivity contribution in [1.82, 2.24) is 25.1 Å². The quantitative estimate of drug-likeness (QED) is 0.391. The van der Waals surface area contributed by atoms with E-state index in [-0.39, 0.29) is 23.6 Å². The third-order valence-corrected chi connectivity index (χ3v) is 7.28. The van der Waals surface area contributed by atoms with Gasteiger partial charge in [0.2, 0.25) is 0 Å². The summed E-state index contributed by atoms with van der Waals surface area (Å²) in [5.41, 5.74) is 3.73. The van der Waals surface area contributed by atoms with Crippen LogP contribution in [-0.2, 0) is 16.4 Å². The number of piperidine rings is 1. The highest BCUT2D eigenvalue weighted by Gasteiger charge is 2.33. The van der Waals surface area contributed by atoms with Gasteiger partial charge in [-0.3, -0.25) is 19.8 Å². The van der Waals surface area contributed by atoms with E-state index in [0.29, 0.717) is 36.2 Å². The third-order valence-electron chi connectivity index (χ3n) is 6.27. The molecule has 1 fully saturated rings. The van der Waals surface area contributed by atoms with Crippen LogP contribution >= 0.6 is 0 Å². The first-order valence-corrected chi connectivity index (χ1v) is 13.5. The highest BCUT2D eigenvalue weighted by molar-refractivity contribution is 7.90. The second-order valence-electron chi connectivity index (χ2n) is 9.16. The summed E-state index contributed by atoms with van der Waals surface area (Å²) in [5, 5.41) is 10.2. The molecule has 0 unspecified atom stereocenters. The van der Waals surface area contributed by atoms with E-state index in [4.69, 9.17) is 0 Å². The maximum absolute atomic E-state index is 13.5. The van der Waals surface area contributed by atoms with Gasteiger partial charge in [-0.15, -0.1) is 0 Å². The van der Waals surface area contributed by atoms with Crippen LogP contribution in [0.25, 0.3) is 22.0 Å². The molecule has 3 aromatic heterocycles. The van der Waals surface area contributed by atoms with Crippen LogP contribution in [0.4, 0.5) is 14.5 Å². The fourth-order valence-corrected chi connectivity index (χ4v) is 4.82. The molecule has 37 heavy (non-hydrogen) atoms. The van der Waals surface area contributed by atoms with E-state index in [2.05, 4.69) is 25.5 Å². The van der Waals surface area contributed by atoms with Gasteiger partial charge >= 0.3 is 0 Å². The van der Waals surface area contributed by atoms with Crippen LogP contribution in [0.15, 0.2) is 60.0 Å². The Balaban J connectivity index is 1.35. The Bertz CT molecular complexity index is 1560. The van der Waals surface area contributed by atoms with E-state index in [1.165, 1.54) is 18.3 Å². The summed E-state index contributed by atoms with van der Waals surface area (Å²) in [6, 6.07) is 10.3.